The summed E-state index contributed by atoms with van der Waals surface area (Å²) < 4.78 is 10.2. The monoisotopic (exact) mass is 122 g/mol. The molecule has 0 aliphatic heterocycles. The van der Waals surface area contributed by atoms with Gasteiger partial charge in [-0.15, -0.1) is 0 Å². The van der Waals surface area contributed by atoms with Crippen LogP contribution in [0.4, 0.5) is 0 Å². The van der Waals surface area contributed by atoms with E-state index in [0.717, 1.165) is 0 Å². The van der Waals surface area contributed by atoms with Crippen molar-refractivity contribution in [3.05, 3.63) is 0 Å². The van der Waals surface area contributed by atoms with Crippen LogP contribution in [0.1, 0.15) is 0 Å². The first kappa shape index (κ1) is 7.07. The molecule has 44 valence electrons. The Balaban J connectivity index is 2.82. The highest BCUT2D eigenvalue weighted by Crippen LogP contribution is 1.67. The van der Waals surface area contributed by atoms with Crippen molar-refractivity contribution in [1.82, 2.24) is 5.43 Å². The lowest BCUT2D eigenvalue weighted by atomic mass is 10.8. The largest absolute Gasteiger partial charge is 0.271 e. The van der Waals surface area contributed by atoms with E-state index in [4.69, 9.17) is 5.84 Å². The molecule has 0 rings (SSSR count). The molecule has 0 aromatic heterocycles. The highest BCUT2D eigenvalue weighted by Gasteiger charge is 1.84. The van der Waals surface area contributed by atoms with Gasteiger partial charge in [-0.25, -0.2) is 0 Å². The second-order valence-corrected chi connectivity index (χ2v) is 2.79. The molecule has 3 N–H and O–H groups in total. The number of nitrogens with two attached hydrogens (primary N) is 1. The van der Waals surface area contributed by atoms with Gasteiger partial charge < -0.3 is 0 Å². The van der Waals surface area contributed by atoms with Crippen LogP contribution in [0.2, 0.25) is 0 Å². The average molecular weight is 122 g/mol. The summed E-state index contributed by atoms with van der Waals surface area (Å²) in [6.45, 7) is 0.628. The van der Waals surface area contributed by atoms with Crippen LogP contribution in [0, 0.1) is 0 Å². The minimum Gasteiger partial charge on any atom is -0.271 e. The smallest absolute Gasteiger partial charge is 0.0371 e. The fourth-order valence-electron chi connectivity index (χ4n) is 0.203. The number of hydrogen-bond donors (Lipinski definition) is 2. The maximum atomic E-state index is 10.2. The van der Waals surface area contributed by atoms with Gasteiger partial charge >= 0.3 is 0 Å². The quantitative estimate of drug-likeness (QED) is 0.366. The molecule has 3 nitrogen and oxygen atoms in total. The lowest BCUT2D eigenvalue weighted by Gasteiger charge is -1.91. The van der Waals surface area contributed by atoms with E-state index >= 15 is 0 Å². The molecule has 0 heterocycles. The normalized spacial score (nSPS) is 14.0. The van der Waals surface area contributed by atoms with Crippen LogP contribution in [-0.4, -0.2) is 22.8 Å². The van der Waals surface area contributed by atoms with Crippen LogP contribution in [0.25, 0.3) is 0 Å². The molecular weight excluding hydrogens is 112 g/mol. The van der Waals surface area contributed by atoms with E-state index < -0.39 is 10.8 Å². The second-order valence-electron chi connectivity index (χ2n) is 1.23. The lowest BCUT2D eigenvalue weighted by molar-refractivity contribution is 0.681. The number of hydrogen-bond acceptors (Lipinski definition) is 3. The Kier molecular flexibility index (Phi) is 4.28. The van der Waals surface area contributed by atoms with E-state index in [1.54, 1.807) is 6.26 Å². The second kappa shape index (κ2) is 4.23. The van der Waals surface area contributed by atoms with Crippen molar-refractivity contribution < 1.29 is 4.21 Å². The van der Waals surface area contributed by atoms with Gasteiger partial charge in [-0.2, -0.15) is 0 Å². The van der Waals surface area contributed by atoms with Crippen molar-refractivity contribution in [2.24, 2.45) is 5.84 Å². The first-order valence-electron chi connectivity index (χ1n) is 2.01. The minimum atomic E-state index is -0.708. The first-order chi connectivity index (χ1) is 3.27. The van der Waals surface area contributed by atoms with Crippen LogP contribution >= 0.6 is 0 Å². The van der Waals surface area contributed by atoms with Crippen LogP contribution in [-0.2, 0) is 10.8 Å². The third kappa shape index (κ3) is 6.07. The Morgan fingerprint density at radius 2 is 2.43 bits per heavy atom. The van der Waals surface area contributed by atoms with Crippen molar-refractivity contribution in [3.8, 4) is 0 Å². The van der Waals surface area contributed by atoms with Crippen LogP contribution in [0.3, 0.4) is 0 Å². The Morgan fingerprint density at radius 3 is 2.57 bits per heavy atom. The molecule has 4 heteroatoms. The summed E-state index contributed by atoms with van der Waals surface area (Å²) in [5.74, 6) is 5.53. The average Bonchev–Trinajstić information content (AvgIpc) is 1.61. The van der Waals surface area contributed by atoms with Crippen molar-refractivity contribution in [2.45, 2.75) is 0 Å². The highest BCUT2D eigenvalue weighted by atomic mass is 32.2. The van der Waals surface area contributed by atoms with Crippen LogP contribution in [0.15, 0.2) is 0 Å². The lowest BCUT2D eigenvalue weighted by Crippen LogP contribution is -2.26. The molecule has 0 radical (unpaired) electrons. The topological polar surface area (TPSA) is 55.1 Å². The van der Waals surface area contributed by atoms with Crippen molar-refractivity contribution in [1.29, 1.82) is 0 Å². The minimum absolute atomic E-state index is 0.628. The molecule has 0 spiro atoms. The molecule has 0 saturated heterocycles. The summed E-state index contributed by atoms with van der Waals surface area (Å²) in [5.41, 5.74) is 2.41. The van der Waals surface area contributed by atoms with E-state index in [1.807, 2.05) is 0 Å². The highest BCUT2D eigenvalue weighted by molar-refractivity contribution is 7.84. The molecule has 0 aromatic carbocycles. The summed E-state index contributed by atoms with van der Waals surface area (Å²) >= 11 is 0. The summed E-state index contributed by atoms with van der Waals surface area (Å²) in [6.07, 6.45) is 1.65. The number of nitrogens with one attached hydrogen (secondary N) is 1. The Labute approximate surface area is 45.7 Å². The van der Waals surface area contributed by atoms with Gasteiger partial charge in [0.2, 0.25) is 0 Å². The van der Waals surface area contributed by atoms with Gasteiger partial charge in [0.1, 0.15) is 0 Å². The van der Waals surface area contributed by atoms with Crippen molar-refractivity contribution >= 4 is 10.8 Å². The van der Waals surface area contributed by atoms with Gasteiger partial charge in [0.15, 0.2) is 0 Å². The molecule has 0 amide bonds. The van der Waals surface area contributed by atoms with Crippen molar-refractivity contribution in [2.75, 3.05) is 18.6 Å². The maximum Gasteiger partial charge on any atom is 0.0371 e. The Bertz CT molecular complexity index is 66.0. The third-order valence-electron chi connectivity index (χ3n) is 0.534. The summed E-state index contributed by atoms with van der Waals surface area (Å²) in [4.78, 5) is 0. The molecule has 0 aliphatic rings. The van der Waals surface area contributed by atoms with Crippen LogP contribution in [0.5, 0.6) is 0 Å². The summed E-state index contributed by atoms with van der Waals surface area (Å²) in [7, 11) is -0.708. The van der Waals surface area contributed by atoms with Crippen LogP contribution < -0.4 is 11.3 Å². The SMILES string of the molecule is CS(=O)CCNN. The molecule has 0 aromatic rings. The zero-order valence-electron chi connectivity index (χ0n) is 4.31. The van der Waals surface area contributed by atoms with Crippen molar-refractivity contribution in [3.63, 3.8) is 0 Å². The molecule has 1 unspecified atom stereocenters. The molecule has 1 atom stereocenters. The van der Waals surface area contributed by atoms with Gasteiger partial charge in [-0.1, -0.05) is 0 Å². The predicted octanol–water partition coefficient (Wildman–Crippen LogP) is -1.17. The van der Waals surface area contributed by atoms with E-state index in [0.29, 0.717) is 12.3 Å². The molecule has 0 bridgehead atoms. The third-order valence-corrected chi connectivity index (χ3v) is 1.31. The summed E-state index contributed by atoms with van der Waals surface area (Å²) in [5, 5.41) is 0. The van der Waals surface area contributed by atoms with E-state index in [9.17, 15) is 4.21 Å². The number of hydrazine groups is 1. The van der Waals surface area contributed by atoms with Gasteiger partial charge in [0.25, 0.3) is 0 Å². The molecule has 0 aliphatic carbocycles. The Hall–Kier alpha value is 0.0700. The fraction of sp³-hybridized carbons (Fsp3) is 1.00. The molecule has 0 saturated carbocycles. The standard InChI is InChI=1S/C3H10N2OS/c1-7(6)3-2-5-4/h5H,2-4H2,1H3. The summed E-state index contributed by atoms with van der Waals surface area (Å²) in [6, 6.07) is 0. The van der Waals surface area contributed by atoms with E-state index in [-0.39, 0.29) is 0 Å². The van der Waals surface area contributed by atoms with E-state index in [1.165, 1.54) is 0 Å². The van der Waals surface area contributed by atoms with Gasteiger partial charge in [0.05, 0.1) is 0 Å². The fourth-order valence-corrected chi connectivity index (χ4v) is 0.608. The first-order valence-corrected chi connectivity index (χ1v) is 3.73. The van der Waals surface area contributed by atoms with Gasteiger partial charge in [-0.3, -0.25) is 15.5 Å². The Morgan fingerprint density at radius 1 is 1.86 bits per heavy atom. The number of rotatable bonds is 3. The maximum absolute atomic E-state index is 10.2. The molecular formula is C3H10N2OS. The van der Waals surface area contributed by atoms with Gasteiger partial charge in [0, 0.05) is 29.4 Å². The zero-order chi connectivity index (χ0) is 5.70. The zero-order valence-corrected chi connectivity index (χ0v) is 5.12. The molecule has 0 fully saturated rings. The molecule has 7 heavy (non-hydrogen) atoms. The predicted molar refractivity (Wildman–Crippen MR) is 31.1 cm³/mol. The van der Waals surface area contributed by atoms with Gasteiger partial charge in [-0.05, 0) is 0 Å². The van der Waals surface area contributed by atoms with E-state index in [2.05, 4.69) is 5.43 Å².